The first-order valence-corrected chi connectivity index (χ1v) is 6.98. The van der Waals surface area contributed by atoms with Gasteiger partial charge in [-0.05, 0) is 32.9 Å². The van der Waals surface area contributed by atoms with Crippen LogP contribution >= 0.6 is 0 Å². The lowest BCUT2D eigenvalue weighted by Crippen LogP contribution is -2.50. The fourth-order valence-corrected chi connectivity index (χ4v) is 2.46. The van der Waals surface area contributed by atoms with Crippen molar-refractivity contribution < 1.29 is 19.8 Å². The molecule has 7 heteroatoms. The van der Waals surface area contributed by atoms with Gasteiger partial charge in [-0.15, -0.1) is 0 Å². The van der Waals surface area contributed by atoms with Crippen LogP contribution in [0, 0.1) is 5.92 Å². The number of likely N-dealkylation sites (tertiary alicyclic amines) is 1. The second kappa shape index (κ2) is 8.06. The monoisotopic (exact) mass is 287 g/mol. The standard InChI is InChI=1S/C13H25N3O4/c1-15(2)9-10-3-6-16(7-4-10)13(20)14-11(5-8-17)12(18)19/h10-11,17H,3-9H2,1-2H3,(H,14,20)(H,18,19)/t11-/m0/s1. The Balaban J connectivity index is 2.40. The highest BCUT2D eigenvalue weighted by Crippen LogP contribution is 2.17. The predicted molar refractivity (Wildman–Crippen MR) is 74.5 cm³/mol. The lowest BCUT2D eigenvalue weighted by molar-refractivity contribution is -0.139. The van der Waals surface area contributed by atoms with E-state index in [2.05, 4.69) is 10.2 Å². The topological polar surface area (TPSA) is 93.1 Å². The number of hydrogen-bond acceptors (Lipinski definition) is 4. The predicted octanol–water partition coefficient (Wildman–Crippen LogP) is -0.195. The smallest absolute Gasteiger partial charge is 0.326 e. The molecule has 3 N–H and O–H groups in total. The summed E-state index contributed by atoms with van der Waals surface area (Å²) in [5.74, 6) is -0.531. The maximum absolute atomic E-state index is 12.0. The van der Waals surface area contributed by atoms with E-state index in [0.29, 0.717) is 19.0 Å². The van der Waals surface area contributed by atoms with Crippen LogP contribution in [0.25, 0.3) is 0 Å². The summed E-state index contributed by atoms with van der Waals surface area (Å²) >= 11 is 0. The highest BCUT2D eigenvalue weighted by Gasteiger charge is 2.26. The van der Waals surface area contributed by atoms with Crippen molar-refractivity contribution in [3.63, 3.8) is 0 Å². The molecule has 116 valence electrons. The molecule has 1 saturated heterocycles. The fourth-order valence-electron chi connectivity index (χ4n) is 2.46. The van der Waals surface area contributed by atoms with E-state index in [4.69, 9.17) is 10.2 Å². The van der Waals surface area contributed by atoms with Gasteiger partial charge in [0.2, 0.25) is 0 Å². The Bertz CT molecular complexity index is 328. The van der Waals surface area contributed by atoms with Crippen LogP contribution in [0.15, 0.2) is 0 Å². The Morgan fingerprint density at radius 3 is 2.40 bits per heavy atom. The number of carbonyl (C=O) groups excluding carboxylic acids is 1. The van der Waals surface area contributed by atoms with Gasteiger partial charge in [0.05, 0.1) is 0 Å². The molecule has 0 aromatic heterocycles. The van der Waals surface area contributed by atoms with Gasteiger partial charge >= 0.3 is 12.0 Å². The Hall–Kier alpha value is -1.34. The molecular weight excluding hydrogens is 262 g/mol. The molecule has 7 nitrogen and oxygen atoms in total. The molecule has 1 rings (SSSR count). The van der Waals surface area contributed by atoms with Crippen LogP contribution in [0.1, 0.15) is 19.3 Å². The van der Waals surface area contributed by atoms with E-state index in [9.17, 15) is 9.59 Å². The minimum Gasteiger partial charge on any atom is -0.480 e. The number of nitrogens with one attached hydrogen (secondary N) is 1. The summed E-state index contributed by atoms with van der Waals surface area (Å²) in [7, 11) is 4.07. The minimum atomic E-state index is -1.12. The molecule has 20 heavy (non-hydrogen) atoms. The number of urea groups is 1. The highest BCUT2D eigenvalue weighted by molar-refractivity contribution is 5.82. The van der Waals surface area contributed by atoms with Crippen LogP contribution in [0.5, 0.6) is 0 Å². The van der Waals surface area contributed by atoms with Crippen LogP contribution < -0.4 is 5.32 Å². The molecule has 2 amide bonds. The molecular formula is C13H25N3O4. The van der Waals surface area contributed by atoms with Crippen molar-refractivity contribution in [3.05, 3.63) is 0 Å². The molecule has 0 aromatic carbocycles. The van der Waals surface area contributed by atoms with Gasteiger partial charge in [0.1, 0.15) is 6.04 Å². The lowest BCUT2D eigenvalue weighted by Gasteiger charge is -2.33. The second-order valence-corrected chi connectivity index (χ2v) is 5.55. The van der Waals surface area contributed by atoms with Crippen molar-refractivity contribution in [2.45, 2.75) is 25.3 Å². The number of aliphatic hydroxyl groups excluding tert-OH is 1. The summed E-state index contributed by atoms with van der Waals surface area (Å²) in [4.78, 5) is 26.7. The van der Waals surface area contributed by atoms with E-state index >= 15 is 0 Å². The van der Waals surface area contributed by atoms with Crippen molar-refractivity contribution >= 4 is 12.0 Å². The summed E-state index contributed by atoms with van der Waals surface area (Å²) in [6, 6.07) is -1.37. The molecule has 0 unspecified atom stereocenters. The van der Waals surface area contributed by atoms with E-state index in [-0.39, 0.29) is 19.1 Å². The normalized spacial score (nSPS) is 18.1. The van der Waals surface area contributed by atoms with E-state index < -0.39 is 12.0 Å². The van der Waals surface area contributed by atoms with E-state index in [1.165, 1.54) is 0 Å². The van der Waals surface area contributed by atoms with Crippen LogP contribution in [-0.2, 0) is 4.79 Å². The first-order chi connectivity index (χ1) is 9.43. The molecule has 0 spiro atoms. The average Bonchev–Trinajstić information content (AvgIpc) is 2.38. The SMILES string of the molecule is CN(C)CC1CCN(C(=O)N[C@@H](CCO)C(=O)O)CC1. The van der Waals surface area contributed by atoms with Gasteiger partial charge in [-0.2, -0.15) is 0 Å². The zero-order chi connectivity index (χ0) is 15.1. The lowest BCUT2D eigenvalue weighted by atomic mass is 9.96. The van der Waals surface area contributed by atoms with Crippen molar-refractivity contribution in [3.8, 4) is 0 Å². The summed E-state index contributed by atoms with van der Waals surface area (Å²) in [5.41, 5.74) is 0. The number of carbonyl (C=O) groups is 2. The second-order valence-electron chi connectivity index (χ2n) is 5.55. The molecule has 1 fully saturated rings. The number of carboxylic acids is 1. The van der Waals surface area contributed by atoms with Gasteiger partial charge in [-0.3, -0.25) is 0 Å². The number of nitrogens with zero attached hydrogens (tertiary/aromatic N) is 2. The Morgan fingerprint density at radius 2 is 1.95 bits per heavy atom. The largest absolute Gasteiger partial charge is 0.480 e. The van der Waals surface area contributed by atoms with Crippen molar-refractivity contribution in [2.75, 3.05) is 40.3 Å². The van der Waals surface area contributed by atoms with Crippen molar-refractivity contribution in [2.24, 2.45) is 5.92 Å². The van der Waals surface area contributed by atoms with Crippen LogP contribution in [-0.4, -0.2) is 78.4 Å². The third-order valence-electron chi connectivity index (χ3n) is 3.54. The Kier molecular flexibility index (Phi) is 6.74. The van der Waals surface area contributed by atoms with Gasteiger partial charge in [-0.1, -0.05) is 0 Å². The molecule has 1 heterocycles. The van der Waals surface area contributed by atoms with E-state index in [0.717, 1.165) is 19.4 Å². The summed E-state index contributed by atoms with van der Waals surface area (Å²) in [5, 5.41) is 20.2. The Labute approximate surface area is 119 Å². The van der Waals surface area contributed by atoms with Gasteiger partial charge in [-0.25, -0.2) is 9.59 Å². The van der Waals surface area contributed by atoms with Gasteiger partial charge in [0, 0.05) is 32.7 Å². The van der Waals surface area contributed by atoms with Crippen LogP contribution in [0.4, 0.5) is 4.79 Å². The molecule has 0 saturated carbocycles. The number of carboxylic acid groups (broad SMARTS) is 1. The number of aliphatic hydroxyl groups is 1. The molecule has 1 atom stereocenters. The highest BCUT2D eigenvalue weighted by atomic mass is 16.4. The molecule has 0 aromatic rings. The fraction of sp³-hybridized carbons (Fsp3) is 0.846. The number of aliphatic carboxylic acids is 1. The van der Waals surface area contributed by atoms with Gasteiger partial charge in [0.15, 0.2) is 0 Å². The summed E-state index contributed by atoms with van der Waals surface area (Å²) < 4.78 is 0. The number of piperidine rings is 1. The number of amides is 2. The third-order valence-corrected chi connectivity index (χ3v) is 3.54. The minimum absolute atomic E-state index is 0.0260. The number of hydrogen-bond donors (Lipinski definition) is 3. The van der Waals surface area contributed by atoms with E-state index in [1.807, 2.05) is 14.1 Å². The maximum atomic E-state index is 12.0. The van der Waals surface area contributed by atoms with Crippen molar-refractivity contribution in [1.82, 2.24) is 15.1 Å². The molecule has 1 aliphatic heterocycles. The molecule has 1 aliphatic rings. The first-order valence-electron chi connectivity index (χ1n) is 6.98. The first kappa shape index (κ1) is 16.7. The average molecular weight is 287 g/mol. The summed E-state index contributed by atoms with van der Waals surface area (Å²) in [6.45, 7) is 2.05. The molecule has 0 bridgehead atoms. The Morgan fingerprint density at radius 1 is 1.35 bits per heavy atom. The summed E-state index contributed by atoms with van der Waals surface area (Å²) in [6.07, 6.45) is 1.89. The van der Waals surface area contributed by atoms with Gasteiger partial charge < -0.3 is 25.3 Å². The quantitative estimate of drug-likeness (QED) is 0.629. The van der Waals surface area contributed by atoms with Gasteiger partial charge in [0.25, 0.3) is 0 Å². The van der Waals surface area contributed by atoms with Crippen molar-refractivity contribution in [1.29, 1.82) is 0 Å². The number of rotatable bonds is 6. The third kappa shape index (κ3) is 5.34. The molecule has 0 radical (unpaired) electrons. The molecule has 0 aliphatic carbocycles. The van der Waals surface area contributed by atoms with Crippen LogP contribution in [0.3, 0.4) is 0 Å². The van der Waals surface area contributed by atoms with E-state index in [1.54, 1.807) is 4.90 Å². The van der Waals surface area contributed by atoms with Crippen LogP contribution in [0.2, 0.25) is 0 Å². The maximum Gasteiger partial charge on any atom is 0.326 e. The zero-order valence-electron chi connectivity index (χ0n) is 12.2. The zero-order valence-corrected chi connectivity index (χ0v) is 12.2.